The van der Waals surface area contributed by atoms with Crippen LogP contribution in [0.3, 0.4) is 0 Å². The number of nitrogens with zero attached hydrogens (tertiary/aromatic N) is 4. The number of hydrogen-bond acceptors (Lipinski definition) is 7. The van der Waals surface area contributed by atoms with Gasteiger partial charge in [-0.2, -0.15) is 0 Å². The minimum absolute atomic E-state index is 0.0317. The first-order valence-electron chi connectivity index (χ1n) is 10.4. The third kappa shape index (κ3) is 4.77. The molecule has 8 nitrogen and oxygen atoms in total. The van der Waals surface area contributed by atoms with Crippen LogP contribution >= 0.6 is 23.2 Å². The number of aromatic nitrogens is 2. The Morgan fingerprint density at radius 3 is 2.52 bits per heavy atom. The average Bonchev–Trinajstić information content (AvgIpc) is 3.31. The fourth-order valence-electron chi connectivity index (χ4n) is 3.72. The number of anilines is 1. The Bertz CT molecular complexity index is 1170. The van der Waals surface area contributed by atoms with Gasteiger partial charge in [-0.25, -0.2) is 0 Å². The number of carbonyl (C=O) groups excluding carboxylic acids is 1. The molecular weight excluding hydrogens is 467 g/mol. The van der Waals surface area contributed by atoms with Crippen LogP contribution in [0.1, 0.15) is 0 Å². The highest BCUT2D eigenvalue weighted by Gasteiger charge is 2.23. The molecule has 0 atom stereocenters. The molecule has 2 aromatic carbocycles. The summed E-state index contributed by atoms with van der Waals surface area (Å²) >= 11 is 12.2. The summed E-state index contributed by atoms with van der Waals surface area (Å²) in [6.45, 7) is 2.64. The van der Waals surface area contributed by atoms with Crippen LogP contribution in [0.15, 0.2) is 48.5 Å². The molecule has 0 radical (unpaired) electrons. The van der Waals surface area contributed by atoms with E-state index in [9.17, 15) is 4.79 Å². The first-order valence-corrected chi connectivity index (χ1v) is 11.2. The normalized spacial score (nSPS) is 15.0. The maximum absolute atomic E-state index is 12.6. The zero-order chi connectivity index (χ0) is 22.8. The molecule has 1 amide bonds. The van der Waals surface area contributed by atoms with Crippen molar-refractivity contribution in [3.05, 3.63) is 58.6 Å². The summed E-state index contributed by atoms with van der Waals surface area (Å²) in [7, 11) is 0. The van der Waals surface area contributed by atoms with Crippen LogP contribution in [-0.4, -0.2) is 60.6 Å². The minimum atomic E-state index is -0.0638. The number of ether oxygens (including phenoxy) is 3. The molecule has 1 aromatic heterocycles. The predicted octanol–water partition coefficient (Wildman–Crippen LogP) is 3.91. The summed E-state index contributed by atoms with van der Waals surface area (Å²) in [5.74, 6) is 2.57. The molecule has 0 aliphatic carbocycles. The Morgan fingerprint density at radius 1 is 0.939 bits per heavy atom. The van der Waals surface area contributed by atoms with Gasteiger partial charge in [-0.1, -0.05) is 23.2 Å². The van der Waals surface area contributed by atoms with Gasteiger partial charge < -0.3 is 24.0 Å². The Morgan fingerprint density at radius 2 is 1.76 bits per heavy atom. The van der Waals surface area contributed by atoms with E-state index in [1.165, 1.54) is 0 Å². The lowest BCUT2D eigenvalue weighted by atomic mass is 10.1. The first kappa shape index (κ1) is 21.6. The summed E-state index contributed by atoms with van der Waals surface area (Å²) in [5, 5.41) is 9.77. The van der Waals surface area contributed by atoms with Gasteiger partial charge in [-0.05, 0) is 42.5 Å². The number of benzene rings is 2. The van der Waals surface area contributed by atoms with Gasteiger partial charge in [-0.3, -0.25) is 4.79 Å². The Kier molecular flexibility index (Phi) is 6.11. The highest BCUT2D eigenvalue weighted by atomic mass is 35.5. The standard InChI is InChI=1S/C23H20Cl2N4O4/c24-15-1-3-17(18(25)11-15)19-4-6-22(27-26-19)28-7-9-29(10-8-28)23(30)13-31-16-2-5-20-21(12-16)33-14-32-20/h1-6,11-12H,7-10,13-14H2. The smallest absolute Gasteiger partial charge is 0.260 e. The molecule has 5 rings (SSSR count). The van der Waals surface area contributed by atoms with E-state index < -0.39 is 0 Å². The van der Waals surface area contributed by atoms with Crippen LogP contribution in [0, 0.1) is 0 Å². The lowest BCUT2D eigenvalue weighted by Gasteiger charge is -2.35. The van der Waals surface area contributed by atoms with E-state index in [1.54, 1.807) is 35.2 Å². The molecule has 0 unspecified atom stereocenters. The number of hydrogen-bond donors (Lipinski definition) is 0. The zero-order valence-corrected chi connectivity index (χ0v) is 19.1. The Hall–Kier alpha value is -3.23. The summed E-state index contributed by atoms with van der Waals surface area (Å²) in [4.78, 5) is 16.5. The molecule has 0 spiro atoms. The molecule has 0 N–H and O–H groups in total. The van der Waals surface area contributed by atoms with Crippen molar-refractivity contribution in [1.29, 1.82) is 0 Å². The molecule has 0 saturated carbocycles. The summed E-state index contributed by atoms with van der Waals surface area (Å²) < 4.78 is 16.3. The topological polar surface area (TPSA) is 77.0 Å². The molecule has 2 aliphatic rings. The number of carbonyl (C=O) groups is 1. The van der Waals surface area contributed by atoms with Gasteiger partial charge in [0.05, 0.1) is 10.7 Å². The second-order valence-corrected chi connectivity index (χ2v) is 8.42. The van der Waals surface area contributed by atoms with E-state index in [2.05, 4.69) is 15.1 Å². The van der Waals surface area contributed by atoms with Crippen LogP contribution < -0.4 is 19.1 Å². The lowest BCUT2D eigenvalue weighted by molar-refractivity contribution is -0.133. The van der Waals surface area contributed by atoms with Gasteiger partial charge in [0.2, 0.25) is 6.79 Å². The average molecular weight is 487 g/mol. The number of rotatable bonds is 5. The highest BCUT2D eigenvalue weighted by Crippen LogP contribution is 2.35. The van der Waals surface area contributed by atoms with E-state index in [0.717, 1.165) is 11.4 Å². The number of fused-ring (bicyclic) bond motifs is 1. The second kappa shape index (κ2) is 9.33. The number of halogens is 2. The van der Waals surface area contributed by atoms with Gasteiger partial charge in [0.1, 0.15) is 5.75 Å². The molecule has 1 saturated heterocycles. The van der Waals surface area contributed by atoms with E-state index in [1.807, 2.05) is 18.2 Å². The largest absolute Gasteiger partial charge is 0.484 e. The van der Waals surface area contributed by atoms with Crippen molar-refractivity contribution in [3.8, 4) is 28.5 Å². The molecule has 33 heavy (non-hydrogen) atoms. The highest BCUT2D eigenvalue weighted by molar-refractivity contribution is 6.36. The quantitative estimate of drug-likeness (QED) is 0.540. The number of piperazine rings is 1. The summed E-state index contributed by atoms with van der Waals surface area (Å²) in [5.41, 5.74) is 1.45. The molecule has 170 valence electrons. The van der Waals surface area contributed by atoms with Crippen LogP contribution in [0.4, 0.5) is 5.82 Å². The predicted molar refractivity (Wildman–Crippen MR) is 124 cm³/mol. The van der Waals surface area contributed by atoms with E-state index in [0.29, 0.717) is 59.2 Å². The molecule has 10 heteroatoms. The monoisotopic (exact) mass is 486 g/mol. The van der Waals surface area contributed by atoms with Crippen molar-refractivity contribution < 1.29 is 19.0 Å². The molecular formula is C23H20Cl2N4O4. The van der Waals surface area contributed by atoms with Crippen molar-refractivity contribution in [2.45, 2.75) is 0 Å². The number of amides is 1. The van der Waals surface area contributed by atoms with Gasteiger partial charge in [0, 0.05) is 42.8 Å². The third-order valence-corrected chi connectivity index (χ3v) is 6.07. The van der Waals surface area contributed by atoms with Crippen molar-refractivity contribution in [3.63, 3.8) is 0 Å². The molecule has 2 aliphatic heterocycles. The van der Waals surface area contributed by atoms with Gasteiger partial charge in [-0.15, -0.1) is 10.2 Å². The first-order chi connectivity index (χ1) is 16.1. The molecule has 0 bridgehead atoms. The van der Waals surface area contributed by atoms with Gasteiger partial charge >= 0.3 is 0 Å². The fraction of sp³-hybridized carbons (Fsp3) is 0.261. The fourth-order valence-corrected chi connectivity index (χ4v) is 4.23. The van der Waals surface area contributed by atoms with Crippen LogP contribution in [-0.2, 0) is 4.79 Å². The van der Waals surface area contributed by atoms with E-state index in [-0.39, 0.29) is 19.3 Å². The van der Waals surface area contributed by atoms with Crippen molar-refractivity contribution in [2.75, 3.05) is 44.5 Å². The second-order valence-electron chi connectivity index (χ2n) is 7.57. The minimum Gasteiger partial charge on any atom is -0.484 e. The van der Waals surface area contributed by atoms with Gasteiger partial charge in [0.15, 0.2) is 23.9 Å². The van der Waals surface area contributed by atoms with Crippen molar-refractivity contribution in [2.24, 2.45) is 0 Å². The Balaban J connectivity index is 1.14. The maximum Gasteiger partial charge on any atom is 0.260 e. The maximum atomic E-state index is 12.6. The molecule has 1 fully saturated rings. The van der Waals surface area contributed by atoms with Gasteiger partial charge in [0.25, 0.3) is 5.91 Å². The lowest BCUT2D eigenvalue weighted by Crippen LogP contribution is -2.50. The van der Waals surface area contributed by atoms with Crippen LogP contribution in [0.2, 0.25) is 10.0 Å². The van der Waals surface area contributed by atoms with Crippen molar-refractivity contribution >= 4 is 34.9 Å². The van der Waals surface area contributed by atoms with E-state index >= 15 is 0 Å². The molecule has 3 aromatic rings. The van der Waals surface area contributed by atoms with Crippen LogP contribution in [0.5, 0.6) is 17.2 Å². The van der Waals surface area contributed by atoms with Crippen molar-refractivity contribution in [1.82, 2.24) is 15.1 Å². The summed E-state index contributed by atoms with van der Waals surface area (Å²) in [6.07, 6.45) is 0. The van der Waals surface area contributed by atoms with Crippen LogP contribution in [0.25, 0.3) is 11.3 Å². The van der Waals surface area contributed by atoms with E-state index in [4.69, 9.17) is 37.4 Å². The SMILES string of the molecule is O=C(COc1ccc2c(c1)OCO2)N1CCN(c2ccc(-c3ccc(Cl)cc3Cl)nn2)CC1. The third-order valence-electron chi connectivity index (χ3n) is 5.52. The summed E-state index contributed by atoms with van der Waals surface area (Å²) in [6, 6.07) is 14.3. The zero-order valence-electron chi connectivity index (χ0n) is 17.5. The molecule has 3 heterocycles. The Labute approximate surface area is 200 Å².